The summed E-state index contributed by atoms with van der Waals surface area (Å²) < 4.78 is 49.2. The van der Waals surface area contributed by atoms with E-state index in [2.05, 4.69) is 4.98 Å². The molecule has 0 spiro atoms. The maximum absolute atomic E-state index is 12.8. The van der Waals surface area contributed by atoms with Crippen molar-refractivity contribution < 1.29 is 32.2 Å². The number of ether oxygens (including phenoxy) is 2. The number of likely N-dealkylation sites (tertiary alicyclic amines) is 2. The lowest BCUT2D eigenvalue weighted by Gasteiger charge is -2.42. The van der Waals surface area contributed by atoms with Gasteiger partial charge in [0.15, 0.2) is 0 Å². The number of halogens is 3. The van der Waals surface area contributed by atoms with Gasteiger partial charge >= 0.3 is 12.3 Å². The topological polar surface area (TPSA) is 72.0 Å². The lowest BCUT2D eigenvalue weighted by molar-refractivity contribution is -0.146. The number of rotatable bonds is 3. The number of nitrogens with zero attached hydrogens (tertiary/aromatic N) is 3. The number of piperidine rings is 1. The van der Waals surface area contributed by atoms with E-state index in [-0.39, 0.29) is 30.8 Å². The van der Waals surface area contributed by atoms with E-state index in [0.717, 1.165) is 18.3 Å². The Morgan fingerprint density at radius 2 is 1.83 bits per heavy atom. The van der Waals surface area contributed by atoms with Crippen LogP contribution < -0.4 is 4.74 Å². The number of carbonyl (C=O) groups excluding carboxylic acids is 2. The first kappa shape index (κ1) is 22.2. The van der Waals surface area contributed by atoms with Crippen molar-refractivity contribution in [1.82, 2.24) is 14.8 Å². The van der Waals surface area contributed by atoms with Gasteiger partial charge < -0.3 is 19.3 Å². The van der Waals surface area contributed by atoms with Crippen LogP contribution in [0, 0.1) is 5.92 Å². The fraction of sp³-hybridized carbons (Fsp3) is 0.650. The molecule has 0 N–H and O–H groups in total. The van der Waals surface area contributed by atoms with Crippen molar-refractivity contribution >= 4 is 12.0 Å². The van der Waals surface area contributed by atoms with E-state index in [1.165, 1.54) is 0 Å². The second-order valence-electron chi connectivity index (χ2n) is 8.63. The van der Waals surface area contributed by atoms with E-state index in [9.17, 15) is 22.8 Å². The van der Waals surface area contributed by atoms with Gasteiger partial charge in [-0.2, -0.15) is 13.2 Å². The van der Waals surface area contributed by atoms with Gasteiger partial charge in [0, 0.05) is 25.4 Å². The Bertz CT molecular complexity index is 788. The largest absolute Gasteiger partial charge is 0.471 e. The van der Waals surface area contributed by atoms with Gasteiger partial charge in [0.1, 0.15) is 11.7 Å². The summed E-state index contributed by atoms with van der Waals surface area (Å²) >= 11 is 0. The first-order chi connectivity index (χ1) is 13.9. The Morgan fingerprint density at radius 3 is 2.47 bits per heavy atom. The van der Waals surface area contributed by atoms with E-state index in [1.54, 1.807) is 30.6 Å². The van der Waals surface area contributed by atoms with Crippen LogP contribution in [-0.4, -0.2) is 64.7 Å². The second kappa shape index (κ2) is 8.31. The third-order valence-corrected chi connectivity index (χ3v) is 4.93. The molecule has 30 heavy (non-hydrogen) atoms. The molecule has 10 heteroatoms. The smallest absolute Gasteiger partial charge is 0.416 e. The third-order valence-electron chi connectivity index (χ3n) is 4.93. The fourth-order valence-corrected chi connectivity index (χ4v) is 3.44. The predicted molar refractivity (Wildman–Crippen MR) is 101 cm³/mol. The zero-order valence-electron chi connectivity index (χ0n) is 17.2. The molecule has 2 aliphatic heterocycles. The standard InChI is InChI=1S/C20H26F3N3O4/c1-19(2,3)30-18(28)25-8-4-5-13(10-25)17(27)26-11-15(12-26)29-16-9-14(6-7-24-16)20(21,22)23/h6-7,9,13,15H,4-5,8,10-12H2,1-3H3. The Labute approximate surface area is 173 Å². The number of pyridine rings is 1. The van der Waals surface area contributed by atoms with Crippen molar-refractivity contribution in [2.24, 2.45) is 5.92 Å². The lowest BCUT2D eigenvalue weighted by atomic mass is 9.95. The number of amides is 2. The van der Waals surface area contributed by atoms with Crippen molar-refractivity contribution in [2.45, 2.75) is 51.5 Å². The van der Waals surface area contributed by atoms with Gasteiger partial charge in [-0.1, -0.05) is 0 Å². The molecule has 166 valence electrons. The van der Waals surface area contributed by atoms with E-state index in [4.69, 9.17) is 9.47 Å². The molecule has 2 amide bonds. The summed E-state index contributed by atoms with van der Waals surface area (Å²) in [5.41, 5.74) is -1.43. The number of alkyl halides is 3. The molecular weight excluding hydrogens is 403 g/mol. The number of hydrogen-bond acceptors (Lipinski definition) is 5. The minimum atomic E-state index is -4.47. The Morgan fingerprint density at radius 1 is 1.13 bits per heavy atom. The molecule has 1 aromatic heterocycles. The average molecular weight is 429 g/mol. The summed E-state index contributed by atoms with van der Waals surface area (Å²) in [7, 11) is 0. The number of carbonyl (C=O) groups is 2. The molecule has 0 bridgehead atoms. The van der Waals surface area contributed by atoms with E-state index < -0.39 is 29.5 Å². The molecule has 0 radical (unpaired) electrons. The summed E-state index contributed by atoms with van der Waals surface area (Å²) in [6.07, 6.45) is -2.88. The Balaban J connectivity index is 1.50. The number of hydrogen-bond donors (Lipinski definition) is 0. The molecule has 1 unspecified atom stereocenters. The molecule has 2 aliphatic rings. The third kappa shape index (κ3) is 5.54. The zero-order valence-corrected chi connectivity index (χ0v) is 17.2. The van der Waals surface area contributed by atoms with Crippen LogP contribution >= 0.6 is 0 Å². The average Bonchev–Trinajstić information content (AvgIpc) is 2.62. The molecule has 3 rings (SSSR count). The molecule has 1 atom stereocenters. The maximum Gasteiger partial charge on any atom is 0.416 e. The van der Waals surface area contributed by atoms with E-state index in [0.29, 0.717) is 25.9 Å². The summed E-state index contributed by atoms with van der Waals surface area (Å²) in [6, 6.07) is 1.73. The van der Waals surface area contributed by atoms with Gasteiger partial charge in [-0.25, -0.2) is 9.78 Å². The van der Waals surface area contributed by atoms with Crippen LogP contribution in [0.4, 0.5) is 18.0 Å². The normalized spacial score (nSPS) is 20.5. The molecule has 0 saturated carbocycles. The SMILES string of the molecule is CC(C)(C)OC(=O)N1CCCC(C(=O)N2CC(Oc3cc(C(F)(F)F)ccn3)C2)C1. The van der Waals surface area contributed by atoms with Crippen molar-refractivity contribution in [3.8, 4) is 5.88 Å². The van der Waals surface area contributed by atoms with E-state index in [1.807, 2.05) is 0 Å². The first-order valence-electron chi connectivity index (χ1n) is 9.89. The van der Waals surface area contributed by atoms with Crippen LogP contribution in [0.15, 0.2) is 18.3 Å². The van der Waals surface area contributed by atoms with Crippen LogP contribution in [0.3, 0.4) is 0 Å². The van der Waals surface area contributed by atoms with Crippen LogP contribution in [0.25, 0.3) is 0 Å². The van der Waals surface area contributed by atoms with E-state index >= 15 is 0 Å². The highest BCUT2D eigenvalue weighted by molar-refractivity contribution is 5.81. The molecule has 2 fully saturated rings. The van der Waals surface area contributed by atoms with Crippen molar-refractivity contribution in [3.05, 3.63) is 23.9 Å². The van der Waals surface area contributed by atoms with Crippen LogP contribution in [0.1, 0.15) is 39.2 Å². The van der Waals surface area contributed by atoms with Gasteiger partial charge in [0.2, 0.25) is 11.8 Å². The Kier molecular flexibility index (Phi) is 6.14. The molecule has 0 aromatic carbocycles. The number of aromatic nitrogens is 1. The minimum Gasteiger partial charge on any atom is -0.471 e. The molecule has 7 nitrogen and oxygen atoms in total. The lowest BCUT2D eigenvalue weighted by Crippen LogP contribution is -2.59. The molecular formula is C20H26F3N3O4. The van der Waals surface area contributed by atoms with Gasteiger partial charge in [0.05, 0.1) is 24.6 Å². The van der Waals surface area contributed by atoms with Crippen molar-refractivity contribution in [2.75, 3.05) is 26.2 Å². The Hall–Kier alpha value is -2.52. The maximum atomic E-state index is 12.8. The van der Waals surface area contributed by atoms with Gasteiger partial charge in [-0.15, -0.1) is 0 Å². The predicted octanol–water partition coefficient (Wildman–Crippen LogP) is 3.34. The summed E-state index contributed by atoms with van der Waals surface area (Å²) in [5.74, 6) is -0.519. The highest BCUT2D eigenvalue weighted by Gasteiger charge is 2.39. The summed E-state index contributed by atoms with van der Waals surface area (Å²) in [6.45, 7) is 6.76. The molecule has 1 aromatic rings. The van der Waals surface area contributed by atoms with Crippen molar-refractivity contribution in [3.63, 3.8) is 0 Å². The van der Waals surface area contributed by atoms with Crippen LogP contribution in [0.5, 0.6) is 5.88 Å². The zero-order chi connectivity index (χ0) is 22.1. The van der Waals surface area contributed by atoms with Crippen LogP contribution in [-0.2, 0) is 15.7 Å². The summed E-state index contributed by atoms with van der Waals surface area (Å²) in [5, 5.41) is 0. The highest BCUT2D eigenvalue weighted by Crippen LogP contribution is 2.31. The molecule has 3 heterocycles. The van der Waals surface area contributed by atoms with Gasteiger partial charge in [-0.05, 0) is 39.7 Å². The highest BCUT2D eigenvalue weighted by atomic mass is 19.4. The van der Waals surface area contributed by atoms with Crippen molar-refractivity contribution in [1.29, 1.82) is 0 Å². The van der Waals surface area contributed by atoms with Gasteiger partial charge in [0.25, 0.3) is 0 Å². The fourth-order valence-electron chi connectivity index (χ4n) is 3.44. The quantitative estimate of drug-likeness (QED) is 0.737. The van der Waals surface area contributed by atoms with Gasteiger partial charge in [-0.3, -0.25) is 4.79 Å². The summed E-state index contributed by atoms with van der Waals surface area (Å²) in [4.78, 5) is 32.0. The monoisotopic (exact) mass is 429 g/mol. The minimum absolute atomic E-state index is 0.0832. The molecule has 2 saturated heterocycles. The van der Waals surface area contributed by atoms with Crippen LogP contribution in [0.2, 0.25) is 0 Å². The second-order valence-corrected chi connectivity index (χ2v) is 8.63. The first-order valence-corrected chi connectivity index (χ1v) is 9.89. The molecule has 0 aliphatic carbocycles.